The van der Waals surface area contributed by atoms with E-state index in [2.05, 4.69) is 25.5 Å². The Hall–Kier alpha value is -2.14. The molecule has 3 heterocycles. The molecule has 0 saturated carbocycles. The third kappa shape index (κ3) is 1.52. The number of nitriles is 1. The lowest BCUT2D eigenvalue weighted by Gasteiger charge is -2.27. The molecule has 2 N–H and O–H groups in total. The molecule has 0 fully saturated rings. The summed E-state index contributed by atoms with van der Waals surface area (Å²) in [5, 5.41) is 17.8. The summed E-state index contributed by atoms with van der Waals surface area (Å²) in [6.45, 7) is 2.25. The summed E-state index contributed by atoms with van der Waals surface area (Å²) in [6, 6.07) is 2.10. The summed E-state index contributed by atoms with van der Waals surface area (Å²) in [5.41, 5.74) is 6.11. The Balaban J connectivity index is 1.95. The highest BCUT2D eigenvalue weighted by Crippen LogP contribution is 2.31. The quantitative estimate of drug-likeness (QED) is 0.773. The van der Waals surface area contributed by atoms with Crippen LogP contribution in [0.25, 0.3) is 0 Å². The maximum Gasteiger partial charge on any atom is 0.157 e. The van der Waals surface area contributed by atoms with Crippen LogP contribution in [0.4, 0.5) is 10.8 Å². The number of hydrogen-bond acceptors (Lipinski definition) is 7. The predicted molar refractivity (Wildman–Crippen MR) is 62.3 cm³/mol. The van der Waals surface area contributed by atoms with Crippen LogP contribution >= 0.6 is 11.5 Å². The van der Waals surface area contributed by atoms with Crippen LogP contribution in [-0.2, 0) is 13.1 Å². The van der Waals surface area contributed by atoms with Gasteiger partial charge in [-0.1, -0.05) is 0 Å². The van der Waals surface area contributed by atoms with Crippen LogP contribution in [0.2, 0.25) is 0 Å². The van der Waals surface area contributed by atoms with Crippen molar-refractivity contribution in [2.75, 3.05) is 17.2 Å². The van der Waals surface area contributed by atoms with Gasteiger partial charge in [-0.3, -0.25) is 0 Å². The van der Waals surface area contributed by atoms with E-state index in [0.717, 1.165) is 23.9 Å². The van der Waals surface area contributed by atoms with Gasteiger partial charge in [0, 0.05) is 13.1 Å². The van der Waals surface area contributed by atoms with Gasteiger partial charge in [-0.25, -0.2) is 0 Å². The van der Waals surface area contributed by atoms with Crippen molar-refractivity contribution >= 4 is 22.4 Å². The Labute approximate surface area is 101 Å². The lowest BCUT2D eigenvalue weighted by atomic mass is 10.3. The summed E-state index contributed by atoms with van der Waals surface area (Å²) in [7, 11) is 0. The molecule has 17 heavy (non-hydrogen) atoms. The second-order valence-corrected chi connectivity index (χ2v) is 4.47. The third-order valence-electron chi connectivity index (χ3n) is 2.74. The number of fused-ring (bicyclic) bond motifs is 1. The zero-order valence-corrected chi connectivity index (χ0v) is 9.68. The van der Waals surface area contributed by atoms with Crippen LogP contribution in [0.1, 0.15) is 11.4 Å². The van der Waals surface area contributed by atoms with E-state index in [1.807, 2.05) is 4.57 Å². The van der Waals surface area contributed by atoms with E-state index in [4.69, 9.17) is 11.0 Å². The largest absolute Gasteiger partial charge is 0.382 e. The fourth-order valence-corrected chi connectivity index (χ4v) is 2.64. The van der Waals surface area contributed by atoms with Gasteiger partial charge in [0.25, 0.3) is 0 Å². The molecule has 2 aromatic rings. The molecule has 7 nitrogen and oxygen atoms in total. The Bertz CT molecular complexity index is 593. The van der Waals surface area contributed by atoms with Crippen LogP contribution in [0.15, 0.2) is 6.33 Å². The van der Waals surface area contributed by atoms with Crippen LogP contribution < -0.4 is 10.6 Å². The van der Waals surface area contributed by atoms with Crippen molar-refractivity contribution in [1.29, 1.82) is 5.26 Å². The first kappa shape index (κ1) is 10.0. The van der Waals surface area contributed by atoms with Gasteiger partial charge in [-0.05, 0) is 11.5 Å². The Morgan fingerprint density at radius 1 is 1.47 bits per heavy atom. The van der Waals surface area contributed by atoms with E-state index in [-0.39, 0.29) is 0 Å². The molecule has 0 radical (unpaired) electrons. The molecule has 86 valence electrons. The number of nitrogen functional groups attached to an aromatic ring is 1. The van der Waals surface area contributed by atoms with Crippen molar-refractivity contribution in [1.82, 2.24) is 19.1 Å². The molecule has 1 aliphatic heterocycles. The Kier molecular flexibility index (Phi) is 2.19. The first-order valence-electron chi connectivity index (χ1n) is 5.06. The normalized spacial score (nSPS) is 14.4. The molecule has 2 aromatic heterocycles. The van der Waals surface area contributed by atoms with Gasteiger partial charge in [-0.15, -0.1) is 10.2 Å². The number of hydrogen-bond donors (Lipinski definition) is 1. The summed E-state index contributed by atoms with van der Waals surface area (Å²) >= 11 is 1.26. The van der Waals surface area contributed by atoms with Crippen LogP contribution in [-0.4, -0.2) is 25.7 Å². The average Bonchev–Trinajstić information content (AvgIpc) is 2.93. The molecule has 0 atom stereocenters. The second kappa shape index (κ2) is 3.71. The van der Waals surface area contributed by atoms with Crippen LogP contribution in [0, 0.1) is 11.3 Å². The molecule has 0 spiro atoms. The smallest absolute Gasteiger partial charge is 0.157 e. The van der Waals surface area contributed by atoms with E-state index < -0.39 is 0 Å². The molecule has 0 bridgehead atoms. The van der Waals surface area contributed by atoms with Crippen molar-refractivity contribution in [3.63, 3.8) is 0 Å². The van der Waals surface area contributed by atoms with Gasteiger partial charge in [-0.2, -0.15) is 9.64 Å². The number of nitrogens with two attached hydrogens (primary N) is 1. The van der Waals surface area contributed by atoms with Crippen molar-refractivity contribution in [3.05, 3.63) is 17.7 Å². The highest BCUT2D eigenvalue weighted by Gasteiger charge is 2.23. The number of aromatic nitrogens is 4. The number of rotatable bonds is 1. The van der Waals surface area contributed by atoms with Gasteiger partial charge in [0.2, 0.25) is 0 Å². The molecule has 1 aliphatic rings. The summed E-state index contributed by atoms with van der Waals surface area (Å²) in [4.78, 5) is 2.07. The lowest BCUT2D eigenvalue weighted by molar-refractivity contribution is 0.562. The molecule has 0 aromatic carbocycles. The van der Waals surface area contributed by atoms with Crippen molar-refractivity contribution in [2.45, 2.75) is 13.1 Å². The molecular weight excluding hydrogens is 238 g/mol. The molecular formula is C9H9N7S. The van der Waals surface area contributed by atoms with Crippen LogP contribution in [0.3, 0.4) is 0 Å². The summed E-state index contributed by atoms with van der Waals surface area (Å²) in [5.74, 6) is 1.20. The van der Waals surface area contributed by atoms with Crippen molar-refractivity contribution < 1.29 is 0 Å². The van der Waals surface area contributed by atoms with E-state index in [0.29, 0.717) is 17.9 Å². The minimum absolute atomic E-state index is 0.305. The molecule has 0 unspecified atom stereocenters. The van der Waals surface area contributed by atoms with E-state index in [9.17, 15) is 0 Å². The second-order valence-electron chi connectivity index (χ2n) is 3.72. The first-order valence-corrected chi connectivity index (χ1v) is 5.84. The SMILES string of the molecule is N#Cc1c(N)nsc1N1CCn2cnnc2C1. The third-order valence-corrected chi connectivity index (χ3v) is 3.66. The Morgan fingerprint density at radius 3 is 3.18 bits per heavy atom. The van der Waals surface area contributed by atoms with Crippen molar-refractivity contribution in [3.8, 4) is 6.07 Å². The van der Waals surface area contributed by atoms with Gasteiger partial charge in [0.15, 0.2) is 11.6 Å². The van der Waals surface area contributed by atoms with Crippen molar-refractivity contribution in [2.24, 2.45) is 0 Å². The molecule has 0 aliphatic carbocycles. The zero-order chi connectivity index (χ0) is 11.8. The highest BCUT2D eigenvalue weighted by atomic mass is 32.1. The minimum atomic E-state index is 0.305. The van der Waals surface area contributed by atoms with E-state index in [1.165, 1.54) is 11.5 Å². The molecule has 8 heteroatoms. The fourth-order valence-electron chi connectivity index (χ4n) is 1.85. The molecule has 3 rings (SSSR count). The summed E-state index contributed by atoms with van der Waals surface area (Å²) in [6.07, 6.45) is 1.72. The zero-order valence-electron chi connectivity index (χ0n) is 8.87. The maximum absolute atomic E-state index is 9.05. The standard InChI is InChI=1S/C9H9N7S/c10-3-6-8(11)14-17-9(6)15-1-2-16-5-12-13-7(16)4-15/h5H,1-2,4H2,(H2,11,14). The van der Waals surface area contributed by atoms with Gasteiger partial charge in [0.05, 0.1) is 6.54 Å². The maximum atomic E-state index is 9.05. The lowest BCUT2D eigenvalue weighted by Crippen LogP contribution is -2.33. The Morgan fingerprint density at radius 2 is 2.35 bits per heavy atom. The van der Waals surface area contributed by atoms with Gasteiger partial charge >= 0.3 is 0 Å². The molecule has 0 saturated heterocycles. The van der Waals surface area contributed by atoms with E-state index >= 15 is 0 Å². The topological polar surface area (TPSA) is 96.7 Å². The first-order chi connectivity index (χ1) is 8.29. The fraction of sp³-hybridized carbons (Fsp3) is 0.333. The minimum Gasteiger partial charge on any atom is -0.382 e. The average molecular weight is 247 g/mol. The van der Waals surface area contributed by atoms with E-state index in [1.54, 1.807) is 6.33 Å². The monoisotopic (exact) mass is 247 g/mol. The predicted octanol–water partition coefficient (Wildman–Crippen LogP) is 0.209. The highest BCUT2D eigenvalue weighted by molar-refractivity contribution is 7.10. The number of anilines is 2. The summed E-state index contributed by atoms with van der Waals surface area (Å²) < 4.78 is 6.03. The van der Waals surface area contributed by atoms with Gasteiger partial charge < -0.3 is 15.2 Å². The van der Waals surface area contributed by atoms with Gasteiger partial charge in [0.1, 0.15) is 23.0 Å². The van der Waals surface area contributed by atoms with Crippen LogP contribution in [0.5, 0.6) is 0 Å². The molecule has 0 amide bonds. The number of nitrogens with zero attached hydrogens (tertiary/aromatic N) is 6.